The Morgan fingerprint density at radius 2 is 0.535 bits per heavy atom. The van der Waals surface area contributed by atoms with E-state index in [9.17, 15) is 4.79 Å². The summed E-state index contributed by atoms with van der Waals surface area (Å²) in [5.41, 5.74) is -0.488. The molecule has 0 fully saturated rings. The van der Waals surface area contributed by atoms with E-state index in [2.05, 4.69) is 41.8 Å². The maximum atomic E-state index is 13.3. The standard InChI is InChI=1S/C65H132NO5/c1-7-11-15-18-21-24-27-30-33-36-39-42-45-51-57-68-60-65(63-71-64(67)54-49-48-50-56-66(5,6)55-14-10-4,61-69-58-52-46-43-40-37-34-31-28-25-22-19-16-12-8-2)62-70-59-53-47-44-41-38-35-32-29-26-23-20-17-13-9-3/h7-63H2,1-6H3/q+1. The summed E-state index contributed by atoms with van der Waals surface area (Å²) in [5, 5.41) is 0. The zero-order valence-corrected chi connectivity index (χ0v) is 49.8. The molecule has 0 bridgehead atoms. The monoisotopic (exact) mass is 1010 g/mol. The van der Waals surface area contributed by atoms with E-state index >= 15 is 0 Å². The fraction of sp³-hybridized carbons (Fsp3) is 0.985. The summed E-state index contributed by atoms with van der Waals surface area (Å²) in [6.45, 7) is 15.7. The fourth-order valence-corrected chi connectivity index (χ4v) is 10.3. The largest absolute Gasteiger partial charge is 0.465 e. The highest BCUT2D eigenvalue weighted by atomic mass is 16.5. The van der Waals surface area contributed by atoms with Crippen LogP contribution in [0.5, 0.6) is 0 Å². The topological polar surface area (TPSA) is 54.0 Å². The molecule has 0 aromatic carbocycles. The first-order chi connectivity index (χ1) is 34.8. The van der Waals surface area contributed by atoms with Gasteiger partial charge < -0.3 is 23.4 Å². The van der Waals surface area contributed by atoms with Gasteiger partial charge in [0.25, 0.3) is 0 Å². The van der Waals surface area contributed by atoms with Gasteiger partial charge in [-0.05, 0) is 44.9 Å². The van der Waals surface area contributed by atoms with Gasteiger partial charge in [0, 0.05) is 26.2 Å². The summed E-state index contributed by atoms with van der Waals surface area (Å²) in [4.78, 5) is 13.3. The van der Waals surface area contributed by atoms with Crippen LogP contribution in [0.25, 0.3) is 0 Å². The molecule has 0 atom stereocenters. The van der Waals surface area contributed by atoms with Gasteiger partial charge in [0.15, 0.2) is 0 Å². The number of nitrogens with zero attached hydrogens (tertiary/aromatic N) is 1. The first-order valence-electron chi connectivity index (χ1n) is 32.6. The Morgan fingerprint density at radius 3 is 0.817 bits per heavy atom. The molecule has 0 saturated carbocycles. The van der Waals surface area contributed by atoms with E-state index in [1.54, 1.807) is 0 Å². The third-order valence-corrected chi connectivity index (χ3v) is 15.5. The van der Waals surface area contributed by atoms with Crippen molar-refractivity contribution in [2.24, 2.45) is 5.41 Å². The van der Waals surface area contributed by atoms with Crippen LogP contribution in [0.2, 0.25) is 0 Å². The number of rotatable bonds is 62. The molecule has 0 spiro atoms. The zero-order valence-electron chi connectivity index (χ0n) is 49.8. The van der Waals surface area contributed by atoms with E-state index in [-0.39, 0.29) is 5.97 Å². The highest BCUT2D eigenvalue weighted by Gasteiger charge is 2.34. The van der Waals surface area contributed by atoms with E-state index in [0.29, 0.717) is 32.8 Å². The van der Waals surface area contributed by atoms with Crippen molar-refractivity contribution in [3.63, 3.8) is 0 Å². The molecule has 0 amide bonds. The van der Waals surface area contributed by atoms with Gasteiger partial charge in [0.1, 0.15) is 6.61 Å². The predicted molar refractivity (Wildman–Crippen MR) is 312 cm³/mol. The minimum Gasteiger partial charge on any atom is -0.465 e. The van der Waals surface area contributed by atoms with Crippen molar-refractivity contribution in [3.05, 3.63) is 0 Å². The first-order valence-corrected chi connectivity index (χ1v) is 32.6. The van der Waals surface area contributed by atoms with Crippen LogP contribution in [-0.2, 0) is 23.7 Å². The van der Waals surface area contributed by atoms with Gasteiger partial charge in [-0.2, -0.15) is 0 Å². The predicted octanol–water partition coefficient (Wildman–Crippen LogP) is 20.4. The van der Waals surface area contributed by atoms with Gasteiger partial charge in [-0.15, -0.1) is 0 Å². The summed E-state index contributed by atoms with van der Waals surface area (Å²) >= 11 is 0. The van der Waals surface area contributed by atoms with Crippen molar-refractivity contribution in [2.45, 2.75) is 336 Å². The molecule has 0 aromatic heterocycles. The molecule has 426 valence electrons. The van der Waals surface area contributed by atoms with E-state index in [1.165, 1.54) is 276 Å². The van der Waals surface area contributed by atoms with Crippen molar-refractivity contribution in [1.82, 2.24) is 0 Å². The average Bonchev–Trinajstić information content (AvgIpc) is 3.36. The number of unbranched alkanes of at least 4 members (excludes halogenated alkanes) is 42. The fourth-order valence-electron chi connectivity index (χ4n) is 10.3. The van der Waals surface area contributed by atoms with Crippen LogP contribution >= 0.6 is 0 Å². The SMILES string of the molecule is CCCCCCCCCCCCCCCCOCC(COCCCCCCCCCCCCCCCC)(COCCCCCCCCCCCCCCCC)COC(=O)CCCCC[N+](C)(C)CCCC. The summed E-state index contributed by atoms with van der Waals surface area (Å²) in [6.07, 6.45) is 63.0. The lowest BCUT2D eigenvalue weighted by molar-refractivity contribution is -0.890. The highest BCUT2D eigenvalue weighted by molar-refractivity contribution is 5.69. The summed E-state index contributed by atoms with van der Waals surface area (Å²) < 4.78 is 26.8. The highest BCUT2D eigenvalue weighted by Crippen LogP contribution is 2.24. The number of quaternary nitrogens is 1. The molecule has 0 aliphatic carbocycles. The van der Waals surface area contributed by atoms with Gasteiger partial charge in [-0.25, -0.2) is 0 Å². The van der Waals surface area contributed by atoms with Gasteiger partial charge in [-0.3, -0.25) is 4.79 Å². The third-order valence-electron chi connectivity index (χ3n) is 15.5. The summed E-state index contributed by atoms with van der Waals surface area (Å²) in [6, 6.07) is 0. The maximum absolute atomic E-state index is 13.3. The third kappa shape index (κ3) is 53.9. The number of esters is 1. The maximum Gasteiger partial charge on any atom is 0.305 e. The molecule has 0 aromatic rings. The molecule has 0 unspecified atom stereocenters. The molecule has 6 heteroatoms. The second kappa shape index (κ2) is 57.0. The van der Waals surface area contributed by atoms with E-state index in [1.807, 2.05) is 0 Å². The van der Waals surface area contributed by atoms with Crippen LogP contribution in [0, 0.1) is 5.41 Å². The van der Waals surface area contributed by atoms with Gasteiger partial charge in [0.2, 0.25) is 0 Å². The van der Waals surface area contributed by atoms with Crippen molar-refractivity contribution in [1.29, 1.82) is 0 Å². The molecule has 0 aliphatic heterocycles. The number of ether oxygens (including phenoxy) is 4. The molecule has 71 heavy (non-hydrogen) atoms. The Bertz CT molecular complexity index is 931. The Balaban J connectivity index is 5.12. The second-order valence-corrected chi connectivity index (χ2v) is 23.7. The lowest BCUT2D eigenvalue weighted by atomic mass is 9.92. The van der Waals surface area contributed by atoms with Crippen LogP contribution in [0.3, 0.4) is 0 Å². The Hall–Kier alpha value is -0.690. The van der Waals surface area contributed by atoms with E-state index < -0.39 is 5.41 Å². The van der Waals surface area contributed by atoms with Crippen LogP contribution in [0.15, 0.2) is 0 Å². The Morgan fingerprint density at radius 1 is 0.296 bits per heavy atom. The van der Waals surface area contributed by atoms with Crippen molar-refractivity contribution in [3.8, 4) is 0 Å². The smallest absolute Gasteiger partial charge is 0.305 e. The van der Waals surface area contributed by atoms with Crippen LogP contribution in [0.1, 0.15) is 336 Å². The van der Waals surface area contributed by atoms with E-state index in [0.717, 1.165) is 62.8 Å². The van der Waals surface area contributed by atoms with Crippen LogP contribution < -0.4 is 0 Å². The van der Waals surface area contributed by atoms with Gasteiger partial charge in [0.05, 0.1) is 52.4 Å². The normalized spacial score (nSPS) is 12.1. The molecule has 0 rings (SSSR count). The number of hydrogen-bond acceptors (Lipinski definition) is 5. The molecular formula is C65H132NO5+. The second-order valence-electron chi connectivity index (χ2n) is 23.7. The molecule has 6 nitrogen and oxygen atoms in total. The summed E-state index contributed by atoms with van der Waals surface area (Å²) in [5.74, 6) is -0.0833. The molecule has 0 N–H and O–H groups in total. The lowest BCUT2D eigenvalue weighted by Crippen LogP contribution is -2.42. The first kappa shape index (κ1) is 70.3. The summed E-state index contributed by atoms with van der Waals surface area (Å²) in [7, 11) is 4.68. The molecule has 0 aliphatic rings. The van der Waals surface area contributed by atoms with Gasteiger partial charge in [-0.1, -0.05) is 285 Å². The van der Waals surface area contributed by atoms with Crippen molar-refractivity contribution < 1.29 is 28.2 Å². The van der Waals surface area contributed by atoms with Crippen molar-refractivity contribution >= 4 is 5.97 Å². The molecule has 0 saturated heterocycles. The number of hydrogen-bond donors (Lipinski definition) is 0. The molecule has 0 heterocycles. The number of carbonyl (C=O) groups is 1. The molecule has 0 radical (unpaired) electrons. The van der Waals surface area contributed by atoms with Gasteiger partial charge >= 0.3 is 5.97 Å². The van der Waals surface area contributed by atoms with Crippen LogP contribution in [-0.4, -0.2) is 83.9 Å². The number of carbonyl (C=O) groups excluding carboxylic acids is 1. The van der Waals surface area contributed by atoms with E-state index in [4.69, 9.17) is 18.9 Å². The Kier molecular flexibility index (Phi) is 56.5. The quantitative estimate of drug-likeness (QED) is 0.0345. The minimum absolute atomic E-state index is 0.0833. The average molecular weight is 1010 g/mol. The molecular weight excluding hydrogens is 875 g/mol. The minimum atomic E-state index is -0.488. The Labute approximate surface area is 447 Å². The van der Waals surface area contributed by atoms with Crippen LogP contribution in [0.4, 0.5) is 0 Å². The lowest BCUT2D eigenvalue weighted by Gasteiger charge is -2.33. The van der Waals surface area contributed by atoms with Crippen molar-refractivity contribution in [2.75, 3.05) is 73.4 Å². The zero-order chi connectivity index (χ0) is 51.7.